The number of aromatic nitrogens is 2. The van der Waals surface area contributed by atoms with Crippen LogP contribution in [0.25, 0.3) is 0 Å². The van der Waals surface area contributed by atoms with Crippen LogP contribution in [0.15, 0.2) is 91.5 Å². The Morgan fingerprint density at radius 1 is 0.708 bits per heavy atom. The highest BCUT2D eigenvalue weighted by molar-refractivity contribution is 6.43. The molecule has 4 aromatic rings. The van der Waals surface area contributed by atoms with Crippen LogP contribution in [0, 0.1) is 0 Å². The number of ketones is 1. The molecule has 0 atom stereocenters. The molecule has 2 heterocycles. The van der Waals surface area contributed by atoms with Crippen molar-refractivity contribution in [3.05, 3.63) is 114 Å². The smallest absolute Gasteiger partial charge is 0.295 e. The van der Waals surface area contributed by atoms with Gasteiger partial charge in [0.2, 0.25) is 11.7 Å². The molecule has 2 aromatic heterocycles. The zero-order valence-electron chi connectivity index (χ0n) is 28.1. The number of aryl methyl sites for hydroxylation is 2. The predicted octanol–water partition coefficient (Wildman–Crippen LogP) is 5.59. The Morgan fingerprint density at radius 2 is 1.23 bits per heavy atom. The largest absolute Gasteiger partial charge is 0.493 e. The number of hydrogen-bond donors (Lipinski definition) is 0. The molecule has 0 aliphatic carbocycles. The topological polar surface area (TPSA) is 111 Å². The van der Waals surface area contributed by atoms with Crippen molar-refractivity contribution in [1.29, 1.82) is 0 Å². The predicted molar refractivity (Wildman–Crippen MR) is 183 cm³/mol. The average molecular weight is 653 g/mol. The minimum Gasteiger partial charge on any atom is -0.493 e. The Balaban J connectivity index is 1.54. The van der Waals surface area contributed by atoms with Gasteiger partial charge >= 0.3 is 0 Å². The second-order valence-electron chi connectivity index (χ2n) is 11.6. The van der Waals surface area contributed by atoms with Crippen LogP contribution in [0.1, 0.15) is 52.7 Å². The van der Waals surface area contributed by atoms with Gasteiger partial charge in [0.05, 0.1) is 27.9 Å². The molecule has 252 valence electrons. The Morgan fingerprint density at radius 3 is 1.71 bits per heavy atom. The molecule has 0 aliphatic rings. The maximum atomic E-state index is 14.2. The van der Waals surface area contributed by atoms with Crippen molar-refractivity contribution in [3.8, 4) is 17.2 Å². The number of methoxy groups -OCH3 is 3. The third-order valence-corrected chi connectivity index (χ3v) is 8.30. The first-order chi connectivity index (χ1) is 23.3. The standard InChI is InChI=1S/C38H44N4O6/c1-41(38(45)36(44)31-24-33(46-2)37(48-4)34(25-31)47-3)27-35(43)42(26-30-10-6-5-7-11-30)32(14-8-12-28-16-20-39-21-17-28)15-9-13-29-18-22-40-23-19-29/h5-7,10-11,16-25,32H,8-9,12-15,26-27H2,1-4H3. The summed E-state index contributed by atoms with van der Waals surface area (Å²) in [7, 11) is 5.80. The van der Waals surface area contributed by atoms with Crippen LogP contribution in [0.4, 0.5) is 0 Å². The van der Waals surface area contributed by atoms with Crippen molar-refractivity contribution in [2.24, 2.45) is 0 Å². The number of ether oxygens (including phenoxy) is 3. The summed E-state index contributed by atoms with van der Waals surface area (Å²) in [4.78, 5) is 52.3. The number of amides is 2. The fourth-order valence-corrected chi connectivity index (χ4v) is 5.71. The maximum Gasteiger partial charge on any atom is 0.295 e. The van der Waals surface area contributed by atoms with Gasteiger partial charge in [-0.3, -0.25) is 24.4 Å². The lowest BCUT2D eigenvalue weighted by atomic mass is 9.97. The van der Waals surface area contributed by atoms with Gasteiger partial charge in [0, 0.05) is 50.0 Å². The van der Waals surface area contributed by atoms with Crippen molar-refractivity contribution in [2.75, 3.05) is 34.9 Å². The first-order valence-corrected chi connectivity index (χ1v) is 16.1. The average Bonchev–Trinajstić information content (AvgIpc) is 3.13. The summed E-state index contributed by atoms with van der Waals surface area (Å²) in [5.41, 5.74) is 3.44. The Labute approximate surface area is 282 Å². The number of pyridine rings is 2. The zero-order chi connectivity index (χ0) is 34.3. The first kappa shape index (κ1) is 35.6. The van der Waals surface area contributed by atoms with E-state index in [0.29, 0.717) is 12.3 Å². The van der Waals surface area contributed by atoms with E-state index in [1.807, 2.05) is 59.5 Å². The monoisotopic (exact) mass is 652 g/mol. The zero-order valence-corrected chi connectivity index (χ0v) is 28.1. The summed E-state index contributed by atoms with van der Waals surface area (Å²) in [6, 6.07) is 20.6. The van der Waals surface area contributed by atoms with E-state index in [4.69, 9.17) is 14.2 Å². The van der Waals surface area contributed by atoms with Crippen molar-refractivity contribution >= 4 is 17.6 Å². The number of carbonyl (C=O) groups excluding carboxylic acids is 3. The second kappa shape index (κ2) is 18.2. The number of nitrogens with zero attached hydrogens (tertiary/aromatic N) is 4. The van der Waals surface area contributed by atoms with E-state index < -0.39 is 11.7 Å². The van der Waals surface area contributed by atoms with Crippen molar-refractivity contribution in [3.63, 3.8) is 0 Å². The van der Waals surface area contributed by atoms with E-state index in [9.17, 15) is 14.4 Å². The molecule has 48 heavy (non-hydrogen) atoms. The van der Waals surface area contributed by atoms with E-state index >= 15 is 0 Å². The van der Waals surface area contributed by atoms with Crippen molar-refractivity contribution in [1.82, 2.24) is 19.8 Å². The molecule has 0 radical (unpaired) electrons. The lowest BCUT2D eigenvalue weighted by Crippen LogP contribution is -2.47. The van der Waals surface area contributed by atoms with Gasteiger partial charge in [-0.25, -0.2) is 0 Å². The number of rotatable bonds is 18. The van der Waals surface area contributed by atoms with Crippen LogP contribution in [-0.4, -0.2) is 78.3 Å². The summed E-state index contributed by atoms with van der Waals surface area (Å²) in [5.74, 6) is -1.02. The molecule has 0 aliphatic heterocycles. The van der Waals surface area contributed by atoms with Crippen LogP contribution in [-0.2, 0) is 29.0 Å². The van der Waals surface area contributed by atoms with Crippen molar-refractivity contribution < 1.29 is 28.6 Å². The van der Waals surface area contributed by atoms with Gasteiger partial charge in [0.1, 0.15) is 0 Å². The van der Waals surface area contributed by atoms with Gasteiger partial charge in [-0.05, 0) is 91.6 Å². The minimum atomic E-state index is -0.816. The molecule has 0 bridgehead atoms. The van der Waals surface area contributed by atoms with Crippen molar-refractivity contribution in [2.45, 2.75) is 51.1 Å². The van der Waals surface area contributed by atoms with E-state index in [0.717, 1.165) is 44.1 Å². The van der Waals surface area contributed by atoms with Crippen LogP contribution >= 0.6 is 0 Å². The number of hydrogen-bond acceptors (Lipinski definition) is 8. The molecule has 0 saturated heterocycles. The minimum absolute atomic E-state index is 0.0695. The highest BCUT2D eigenvalue weighted by atomic mass is 16.5. The van der Waals surface area contributed by atoms with Crippen LogP contribution in [0.2, 0.25) is 0 Å². The lowest BCUT2D eigenvalue weighted by molar-refractivity contribution is -0.139. The molecule has 0 unspecified atom stereocenters. The fraction of sp³-hybridized carbons (Fsp3) is 0.342. The van der Waals surface area contributed by atoms with Crippen LogP contribution in [0.3, 0.4) is 0 Å². The van der Waals surface area contributed by atoms with Crippen LogP contribution in [0.5, 0.6) is 17.2 Å². The fourth-order valence-electron chi connectivity index (χ4n) is 5.71. The Bertz CT molecular complexity index is 1550. The molecular formula is C38H44N4O6. The van der Waals surface area contributed by atoms with Gasteiger partial charge in [-0.2, -0.15) is 0 Å². The number of carbonyl (C=O) groups is 3. The third kappa shape index (κ3) is 9.87. The summed E-state index contributed by atoms with van der Waals surface area (Å²) in [6.07, 6.45) is 12.2. The second-order valence-corrected chi connectivity index (χ2v) is 11.6. The molecule has 0 fully saturated rings. The summed E-state index contributed by atoms with van der Waals surface area (Å²) >= 11 is 0. The van der Waals surface area contributed by atoms with Gasteiger partial charge in [-0.15, -0.1) is 0 Å². The van der Waals surface area contributed by atoms with E-state index in [1.54, 1.807) is 24.8 Å². The molecule has 4 rings (SSSR count). The molecule has 0 N–H and O–H groups in total. The quantitative estimate of drug-likeness (QED) is 0.101. The molecule has 0 spiro atoms. The Hall–Kier alpha value is -5.25. The Kier molecular flexibility index (Phi) is 13.5. The van der Waals surface area contributed by atoms with E-state index in [2.05, 4.69) is 9.97 Å². The first-order valence-electron chi connectivity index (χ1n) is 16.1. The highest BCUT2D eigenvalue weighted by Crippen LogP contribution is 2.38. The van der Waals surface area contributed by atoms with Gasteiger partial charge in [-0.1, -0.05) is 30.3 Å². The molecule has 10 heteroatoms. The summed E-state index contributed by atoms with van der Waals surface area (Å²) in [6.45, 7) is 0.130. The number of Topliss-reactive ketones (excluding diaryl/α,β-unsaturated/α-hetero) is 1. The molecule has 10 nitrogen and oxygen atoms in total. The summed E-state index contributed by atoms with van der Waals surface area (Å²) in [5, 5.41) is 0. The van der Waals surface area contributed by atoms with Gasteiger partial charge in [0.25, 0.3) is 11.7 Å². The van der Waals surface area contributed by atoms with Crippen LogP contribution < -0.4 is 14.2 Å². The lowest BCUT2D eigenvalue weighted by Gasteiger charge is -2.34. The molecule has 0 saturated carbocycles. The van der Waals surface area contributed by atoms with E-state index in [1.165, 1.54) is 56.5 Å². The highest BCUT2D eigenvalue weighted by Gasteiger charge is 2.29. The molecular weight excluding hydrogens is 608 g/mol. The number of benzene rings is 2. The third-order valence-electron chi connectivity index (χ3n) is 8.30. The molecule has 2 amide bonds. The van der Waals surface area contributed by atoms with E-state index in [-0.39, 0.29) is 35.6 Å². The molecule has 2 aromatic carbocycles. The summed E-state index contributed by atoms with van der Waals surface area (Å²) < 4.78 is 16.1. The number of likely N-dealkylation sites (N-methyl/N-ethyl adjacent to an activating group) is 1. The normalized spacial score (nSPS) is 10.8. The van der Waals surface area contributed by atoms with Gasteiger partial charge < -0.3 is 24.0 Å². The SMILES string of the molecule is COc1cc(C(=O)C(=O)N(C)CC(=O)N(Cc2ccccc2)C(CCCc2ccncc2)CCCc2ccncc2)cc(OC)c1OC. The van der Waals surface area contributed by atoms with Gasteiger partial charge in [0.15, 0.2) is 11.5 Å². The maximum absolute atomic E-state index is 14.2.